The average molecular weight is 204 g/mol. The van der Waals surface area contributed by atoms with E-state index in [1.165, 1.54) is 4.88 Å². The van der Waals surface area contributed by atoms with Gasteiger partial charge in [-0.25, -0.2) is 0 Å². The van der Waals surface area contributed by atoms with Crippen LogP contribution in [0, 0.1) is 5.92 Å². The van der Waals surface area contributed by atoms with Crippen molar-refractivity contribution in [3.05, 3.63) is 21.3 Å². The molecule has 0 amide bonds. The Balaban J connectivity index is 2.46. The van der Waals surface area contributed by atoms with E-state index in [2.05, 4.69) is 12.2 Å². The number of hydrogen-bond acceptors (Lipinski definition) is 2. The lowest BCUT2D eigenvalue weighted by Gasteiger charge is -2.08. The van der Waals surface area contributed by atoms with E-state index in [-0.39, 0.29) is 0 Å². The molecule has 0 aliphatic carbocycles. The first-order valence-electron chi connectivity index (χ1n) is 4.10. The molecule has 1 unspecified atom stereocenters. The van der Waals surface area contributed by atoms with Gasteiger partial charge in [-0.15, -0.1) is 11.3 Å². The molecule has 1 rings (SSSR count). The maximum Gasteiger partial charge on any atom is 0.0545 e. The van der Waals surface area contributed by atoms with E-state index in [1.807, 2.05) is 18.5 Å². The van der Waals surface area contributed by atoms with Crippen molar-refractivity contribution in [3.63, 3.8) is 0 Å². The van der Waals surface area contributed by atoms with Crippen molar-refractivity contribution in [2.24, 2.45) is 5.92 Å². The van der Waals surface area contributed by atoms with Gasteiger partial charge in [-0.3, -0.25) is 0 Å². The second-order valence-electron chi connectivity index (χ2n) is 3.06. The van der Waals surface area contributed by atoms with E-state index >= 15 is 0 Å². The highest BCUT2D eigenvalue weighted by molar-refractivity contribution is 7.10. The molecular formula is C9H14ClNS. The molecule has 1 aromatic rings. The zero-order valence-electron chi connectivity index (χ0n) is 7.43. The summed E-state index contributed by atoms with van der Waals surface area (Å²) < 4.78 is 0. The van der Waals surface area contributed by atoms with Gasteiger partial charge in [0.05, 0.1) is 5.02 Å². The van der Waals surface area contributed by atoms with Crippen LogP contribution in [0.4, 0.5) is 0 Å². The summed E-state index contributed by atoms with van der Waals surface area (Å²) in [5.41, 5.74) is 0. The fourth-order valence-electron chi connectivity index (χ4n) is 1.21. The summed E-state index contributed by atoms with van der Waals surface area (Å²) in [6.45, 7) is 3.28. The van der Waals surface area contributed by atoms with Crippen LogP contribution in [-0.4, -0.2) is 13.6 Å². The predicted octanol–water partition coefficient (Wildman–Crippen LogP) is 2.80. The second-order valence-corrected chi connectivity index (χ2v) is 4.47. The van der Waals surface area contributed by atoms with Gasteiger partial charge >= 0.3 is 0 Å². The molecule has 12 heavy (non-hydrogen) atoms. The summed E-state index contributed by atoms with van der Waals surface area (Å²) >= 11 is 7.72. The van der Waals surface area contributed by atoms with Crippen LogP contribution in [0.15, 0.2) is 11.4 Å². The SMILES string of the molecule is CNCC(C)Cc1sccc1Cl. The van der Waals surface area contributed by atoms with E-state index in [0.29, 0.717) is 5.92 Å². The van der Waals surface area contributed by atoms with E-state index in [4.69, 9.17) is 11.6 Å². The van der Waals surface area contributed by atoms with Crippen LogP contribution in [0.5, 0.6) is 0 Å². The highest BCUT2D eigenvalue weighted by atomic mass is 35.5. The van der Waals surface area contributed by atoms with Crippen molar-refractivity contribution in [2.75, 3.05) is 13.6 Å². The molecule has 0 spiro atoms. The third-order valence-corrected chi connectivity index (χ3v) is 3.19. The molecule has 1 heterocycles. The van der Waals surface area contributed by atoms with Crippen LogP contribution in [0.25, 0.3) is 0 Å². The highest BCUT2D eigenvalue weighted by Gasteiger charge is 2.06. The molecule has 0 aromatic carbocycles. The zero-order chi connectivity index (χ0) is 8.97. The Bertz CT molecular complexity index is 234. The molecule has 0 aliphatic heterocycles. The number of rotatable bonds is 4. The highest BCUT2D eigenvalue weighted by Crippen LogP contribution is 2.24. The summed E-state index contributed by atoms with van der Waals surface area (Å²) in [4.78, 5) is 1.31. The molecule has 0 radical (unpaired) electrons. The topological polar surface area (TPSA) is 12.0 Å². The van der Waals surface area contributed by atoms with Crippen molar-refractivity contribution in [2.45, 2.75) is 13.3 Å². The lowest BCUT2D eigenvalue weighted by molar-refractivity contribution is 0.545. The summed E-state index contributed by atoms with van der Waals surface area (Å²) in [5, 5.41) is 6.13. The summed E-state index contributed by atoms with van der Waals surface area (Å²) in [6, 6.07) is 1.97. The number of hydrogen-bond donors (Lipinski definition) is 1. The van der Waals surface area contributed by atoms with Gasteiger partial charge in [-0.1, -0.05) is 18.5 Å². The van der Waals surface area contributed by atoms with Crippen LogP contribution in [-0.2, 0) is 6.42 Å². The molecule has 0 fully saturated rings. The Hall–Kier alpha value is -0.0500. The van der Waals surface area contributed by atoms with E-state index in [0.717, 1.165) is 18.0 Å². The fourth-order valence-corrected chi connectivity index (χ4v) is 2.49. The smallest absolute Gasteiger partial charge is 0.0545 e. The van der Waals surface area contributed by atoms with Crippen LogP contribution >= 0.6 is 22.9 Å². The first kappa shape index (κ1) is 10.0. The average Bonchev–Trinajstić information content (AvgIpc) is 2.37. The lowest BCUT2D eigenvalue weighted by atomic mass is 10.1. The molecule has 1 atom stereocenters. The van der Waals surface area contributed by atoms with Gasteiger partial charge in [0, 0.05) is 4.88 Å². The molecule has 1 nitrogen and oxygen atoms in total. The van der Waals surface area contributed by atoms with Crippen molar-refractivity contribution in [1.82, 2.24) is 5.32 Å². The lowest BCUT2D eigenvalue weighted by Crippen LogP contribution is -2.17. The minimum Gasteiger partial charge on any atom is -0.319 e. The van der Waals surface area contributed by atoms with Crippen LogP contribution < -0.4 is 5.32 Å². The van der Waals surface area contributed by atoms with Gasteiger partial charge < -0.3 is 5.32 Å². The molecule has 0 saturated carbocycles. The number of thiophene rings is 1. The molecule has 68 valence electrons. The Morgan fingerprint density at radius 1 is 1.67 bits per heavy atom. The first-order chi connectivity index (χ1) is 5.74. The van der Waals surface area contributed by atoms with E-state index in [9.17, 15) is 0 Å². The largest absolute Gasteiger partial charge is 0.319 e. The van der Waals surface area contributed by atoms with Gasteiger partial charge in [0.1, 0.15) is 0 Å². The zero-order valence-corrected chi connectivity index (χ0v) is 9.00. The quantitative estimate of drug-likeness (QED) is 0.794. The molecular weight excluding hydrogens is 190 g/mol. The minimum absolute atomic E-state index is 0.658. The van der Waals surface area contributed by atoms with Gasteiger partial charge in [-0.2, -0.15) is 0 Å². The summed E-state index contributed by atoms with van der Waals surface area (Å²) in [6.07, 6.45) is 1.08. The van der Waals surface area contributed by atoms with Gasteiger partial charge in [0.2, 0.25) is 0 Å². The third-order valence-electron chi connectivity index (χ3n) is 1.78. The normalized spacial score (nSPS) is 13.2. The van der Waals surface area contributed by atoms with E-state index < -0.39 is 0 Å². The van der Waals surface area contributed by atoms with Gasteiger partial charge in [0.15, 0.2) is 0 Å². The number of nitrogens with one attached hydrogen (secondary N) is 1. The maximum absolute atomic E-state index is 5.97. The Kier molecular flexibility index (Phi) is 4.06. The first-order valence-corrected chi connectivity index (χ1v) is 5.36. The molecule has 3 heteroatoms. The molecule has 0 saturated heterocycles. The van der Waals surface area contributed by atoms with E-state index in [1.54, 1.807) is 11.3 Å². The third kappa shape index (κ3) is 2.77. The van der Waals surface area contributed by atoms with Gasteiger partial charge in [-0.05, 0) is 37.4 Å². The maximum atomic E-state index is 5.97. The predicted molar refractivity (Wildman–Crippen MR) is 56.1 cm³/mol. The van der Waals surface area contributed by atoms with Crippen LogP contribution in [0.1, 0.15) is 11.8 Å². The molecule has 0 bridgehead atoms. The van der Waals surface area contributed by atoms with Crippen molar-refractivity contribution < 1.29 is 0 Å². The van der Waals surface area contributed by atoms with Crippen LogP contribution in [0.2, 0.25) is 5.02 Å². The Morgan fingerprint density at radius 3 is 2.92 bits per heavy atom. The summed E-state index contributed by atoms with van der Waals surface area (Å²) in [5.74, 6) is 0.658. The standard InChI is InChI=1S/C9H14ClNS/c1-7(6-11-2)5-9-8(10)3-4-12-9/h3-4,7,11H,5-6H2,1-2H3. The van der Waals surface area contributed by atoms with Crippen molar-refractivity contribution >= 4 is 22.9 Å². The second kappa shape index (κ2) is 4.85. The number of halogens is 1. The molecule has 0 aliphatic rings. The van der Waals surface area contributed by atoms with Crippen LogP contribution in [0.3, 0.4) is 0 Å². The van der Waals surface area contributed by atoms with Crippen molar-refractivity contribution in [1.29, 1.82) is 0 Å². The van der Waals surface area contributed by atoms with Gasteiger partial charge in [0.25, 0.3) is 0 Å². The minimum atomic E-state index is 0.658. The fraction of sp³-hybridized carbons (Fsp3) is 0.556. The molecule has 1 aromatic heterocycles. The Morgan fingerprint density at radius 2 is 2.42 bits per heavy atom. The van der Waals surface area contributed by atoms with Crippen molar-refractivity contribution in [3.8, 4) is 0 Å². The Labute approximate surface area is 82.7 Å². The molecule has 1 N–H and O–H groups in total. The monoisotopic (exact) mass is 203 g/mol. The summed E-state index contributed by atoms with van der Waals surface area (Å²) in [7, 11) is 1.98.